The number of halogens is 2. The van der Waals surface area contributed by atoms with Gasteiger partial charge in [0.2, 0.25) is 5.89 Å². The first-order valence-corrected chi connectivity index (χ1v) is 9.01. The van der Waals surface area contributed by atoms with Crippen molar-refractivity contribution in [3.05, 3.63) is 75.4 Å². The summed E-state index contributed by atoms with van der Waals surface area (Å²) in [6, 6.07) is 13.5. The van der Waals surface area contributed by atoms with Crippen LogP contribution in [0.2, 0.25) is 10.0 Å². The van der Waals surface area contributed by atoms with Crippen molar-refractivity contribution in [2.45, 2.75) is 26.5 Å². The number of hydrogen-bond donors (Lipinski definition) is 1. The molecule has 3 rings (SSSR count). The second kappa shape index (κ2) is 9.03. The van der Waals surface area contributed by atoms with Gasteiger partial charge >= 0.3 is 0 Å². The first-order valence-electron chi connectivity index (χ1n) is 8.26. The van der Waals surface area contributed by atoms with Gasteiger partial charge in [0, 0.05) is 19.5 Å². The normalized spacial score (nSPS) is 10.9. The Morgan fingerprint density at radius 1 is 1.04 bits per heavy atom. The summed E-state index contributed by atoms with van der Waals surface area (Å²) in [5.74, 6) is 2.12. The molecule has 1 aromatic heterocycles. The monoisotopic (exact) mass is 391 g/mol. The predicted octanol–water partition coefficient (Wildman–Crippen LogP) is 4.60. The zero-order valence-corrected chi connectivity index (χ0v) is 15.8. The van der Waals surface area contributed by atoms with Crippen LogP contribution in [0.1, 0.15) is 22.8 Å². The summed E-state index contributed by atoms with van der Waals surface area (Å²) < 4.78 is 10.9. The van der Waals surface area contributed by atoms with Crippen molar-refractivity contribution in [2.24, 2.45) is 0 Å². The third-order valence-electron chi connectivity index (χ3n) is 3.73. The molecule has 136 valence electrons. The van der Waals surface area contributed by atoms with Crippen LogP contribution >= 0.6 is 23.2 Å². The first kappa shape index (κ1) is 18.7. The molecule has 0 amide bonds. The molecule has 0 aliphatic rings. The molecule has 3 aromatic rings. The van der Waals surface area contributed by atoms with Gasteiger partial charge in [-0.3, -0.25) is 0 Å². The highest BCUT2D eigenvalue weighted by Crippen LogP contribution is 2.23. The Hall–Kier alpha value is -2.08. The Morgan fingerprint density at radius 2 is 1.81 bits per heavy atom. The van der Waals surface area contributed by atoms with Crippen molar-refractivity contribution >= 4 is 23.2 Å². The number of ether oxygens (including phenoxy) is 1. The summed E-state index contributed by atoms with van der Waals surface area (Å²) >= 11 is 11.9. The van der Waals surface area contributed by atoms with E-state index in [1.807, 2.05) is 43.3 Å². The predicted molar refractivity (Wildman–Crippen MR) is 102 cm³/mol. The highest BCUT2D eigenvalue weighted by molar-refractivity contribution is 6.42. The summed E-state index contributed by atoms with van der Waals surface area (Å²) in [4.78, 5) is 4.17. The molecule has 0 saturated heterocycles. The van der Waals surface area contributed by atoms with E-state index in [1.165, 1.54) is 5.56 Å². The Kier molecular flexibility index (Phi) is 6.50. The van der Waals surface area contributed by atoms with E-state index in [-0.39, 0.29) is 0 Å². The number of benzene rings is 2. The first-order chi connectivity index (χ1) is 12.6. The Labute approximate surface area is 162 Å². The maximum atomic E-state index is 6.01. The van der Waals surface area contributed by atoms with Crippen LogP contribution in [-0.4, -0.2) is 16.7 Å². The summed E-state index contributed by atoms with van der Waals surface area (Å²) in [5.41, 5.74) is 2.15. The third kappa shape index (κ3) is 5.46. The van der Waals surface area contributed by atoms with Crippen LogP contribution in [0.15, 0.2) is 47.0 Å². The van der Waals surface area contributed by atoms with Crippen LogP contribution in [0.4, 0.5) is 0 Å². The van der Waals surface area contributed by atoms with Gasteiger partial charge in [0.25, 0.3) is 0 Å². The zero-order chi connectivity index (χ0) is 18.4. The van der Waals surface area contributed by atoms with E-state index in [0.29, 0.717) is 34.8 Å². The largest absolute Gasteiger partial charge is 0.489 e. The van der Waals surface area contributed by atoms with Crippen LogP contribution in [0, 0.1) is 6.92 Å². The summed E-state index contributed by atoms with van der Waals surface area (Å²) in [6.07, 6.45) is 0.714. The fraction of sp³-hybridized carbons (Fsp3) is 0.263. The minimum absolute atomic E-state index is 0.443. The van der Waals surface area contributed by atoms with Gasteiger partial charge in [-0.15, -0.1) is 0 Å². The molecule has 0 saturated carbocycles. The van der Waals surface area contributed by atoms with Gasteiger partial charge in [-0.1, -0.05) is 46.6 Å². The van der Waals surface area contributed by atoms with E-state index in [9.17, 15) is 0 Å². The van der Waals surface area contributed by atoms with Crippen molar-refractivity contribution in [3.8, 4) is 5.75 Å². The number of aromatic nitrogens is 2. The molecule has 0 radical (unpaired) electrons. The second-order valence-electron chi connectivity index (χ2n) is 5.84. The molecular weight excluding hydrogens is 373 g/mol. The lowest BCUT2D eigenvalue weighted by Crippen LogP contribution is -2.16. The van der Waals surface area contributed by atoms with Crippen LogP contribution in [0.5, 0.6) is 5.75 Å². The van der Waals surface area contributed by atoms with Crippen molar-refractivity contribution in [2.75, 3.05) is 6.54 Å². The fourth-order valence-corrected chi connectivity index (χ4v) is 2.69. The Balaban J connectivity index is 1.42. The molecule has 5 nitrogen and oxygen atoms in total. The molecule has 0 atom stereocenters. The van der Waals surface area contributed by atoms with Gasteiger partial charge in [-0.2, -0.15) is 4.98 Å². The molecular formula is C19H19Cl2N3O2. The second-order valence-corrected chi connectivity index (χ2v) is 6.66. The average Bonchev–Trinajstić information content (AvgIpc) is 3.06. The Bertz CT molecular complexity index is 850. The van der Waals surface area contributed by atoms with Gasteiger partial charge in [0.05, 0.1) is 10.0 Å². The summed E-state index contributed by atoms with van der Waals surface area (Å²) in [7, 11) is 0. The van der Waals surface area contributed by atoms with Gasteiger partial charge in [-0.25, -0.2) is 0 Å². The number of nitrogens with one attached hydrogen (secondary N) is 1. The molecule has 0 aliphatic carbocycles. The molecule has 2 aromatic carbocycles. The molecule has 1 N–H and O–H groups in total. The van der Waals surface area contributed by atoms with Gasteiger partial charge in [0.1, 0.15) is 12.4 Å². The standard InChI is InChI=1S/C19H19Cl2N3O2/c1-13-23-19(26-24-13)8-9-22-11-14-2-5-16(6-3-14)25-12-15-4-7-17(20)18(21)10-15/h2-7,10,22H,8-9,11-12H2,1H3. The van der Waals surface area contributed by atoms with E-state index >= 15 is 0 Å². The Morgan fingerprint density at radius 3 is 2.50 bits per heavy atom. The number of hydrogen-bond acceptors (Lipinski definition) is 5. The number of nitrogens with zero attached hydrogens (tertiary/aromatic N) is 2. The quantitative estimate of drug-likeness (QED) is 0.568. The van der Waals surface area contributed by atoms with Crippen LogP contribution in [-0.2, 0) is 19.6 Å². The van der Waals surface area contributed by atoms with E-state index in [1.54, 1.807) is 6.07 Å². The number of aryl methyl sites for hydroxylation is 1. The lowest BCUT2D eigenvalue weighted by Gasteiger charge is -2.08. The minimum atomic E-state index is 0.443. The van der Waals surface area contributed by atoms with E-state index < -0.39 is 0 Å². The molecule has 0 unspecified atom stereocenters. The van der Waals surface area contributed by atoms with E-state index in [2.05, 4.69) is 15.5 Å². The molecule has 7 heteroatoms. The summed E-state index contributed by atoms with van der Waals surface area (Å²) in [5, 5.41) is 8.20. The van der Waals surface area contributed by atoms with E-state index in [0.717, 1.165) is 24.4 Å². The van der Waals surface area contributed by atoms with Crippen molar-refractivity contribution in [1.82, 2.24) is 15.5 Å². The van der Waals surface area contributed by atoms with Gasteiger partial charge in [-0.05, 0) is 42.3 Å². The summed E-state index contributed by atoms with van der Waals surface area (Å²) in [6.45, 7) is 3.79. The lowest BCUT2D eigenvalue weighted by molar-refractivity contribution is 0.306. The van der Waals surface area contributed by atoms with Crippen LogP contribution in [0.25, 0.3) is 0 Å². The topological polar surface area (TPSA) is 60.2 Å². The highest BCUT2D eigenvalue weighted by Gasteiger charge is 2.03. The average molecular weight is 392 g/mol. The molecule has 26 heavy (non-hydrogen) atoms. The van der Waals surface area contributed by atoms with Crippen LogP contribution in [0.3, 0.4) is 0 Å². The maximum Gasteiger partial charge on any atom is 0.227 e. The smallest absolute Gasteiger partial charge is 0.227 e. The molecule has 1 heterocycles. The molecule has 0 aliphatic heterocycles. The zero-order valence-electron chi connectivity index (χ0n) is 14.3. The van der Waals surface area contributed by atoms with E-state index in [4.69, 9.17) is 32.5 Å². The van der Waals surface area contributed by atoms with Gasteiger partial charge in [0.15, 0.2) is 5.82 Å². The third-order valence-corrected chi connectivity index (χ3v) is 4.47. The van der Waals surface area contributed by atoms with Crippen molar-refractivity contribution in [1.29, 1.82) is 0 Å². The van der Waals surface area contributed by atoms with Crippen LogP contribution < -0.4 is 10.1 Å². The lowest BCUT2D eigenvalue weighted by atomic mass is 10.2. The van der Waals surface area contributed by atoms with Gasteiger partial charge < -0.3 is 14.6 Å². The minimum Gasteiger partial charge on any atom is -0.489 e. The number of rotatable bonds is 8. The van der Waals surface area contributed by atoms with Crippen molar-refractivity contribution < 1.29 is 9.26 Å². The fourth-order valence-electron chi connectivity index (χ4n) is 2.37. The molecule has 0 fully saturated rings. The maximum absolute atomic E-state index is 6.01. The highest BCUT2D eigenvalue weighted by atomic mass is 35.5. The SMILES string of the molecule is Cc1noc(CCNCc2ccc(OCc3ccc(Cl)c(Cl)c3)cc2)n1. The molecule has 0 bridgehead atoms. The molecule has 0 spiro atoms. The van der Waals surface area contributed by atoms with Crippen molar-refractivity contribution in [3.63, 3.8) is 0 Å².